The molecule has 0 spiro atoms. The molecule has 0 saturated heterocycles. The van der Waals surface area contributed by atoms with Crippen molar-refractivity contribution < 1.29 is 29.3 Å². The molecule has 0 radical (unpaired) electrons. The number of hydrogen-bond donors (Lipinski definition) is 0. The van der Waals surface area contributed by atoms with Gasteiger partial charge < -0.3 is 13.3 Å². The maximum Gasteiger partial charge on any atom is 0.0272 e. The van der Waals surface area contributed by atoms with Gasteiger partial charge in [0.05, 0.1) is 0 Å². The van der Waals surface area contributed by atoms with E-state index < -0.39 is 24.9 Å². The fraction of sp³-hybridized carbons (Fsp3) is 0.840. The van der Waals surface area contributed by atoms with Crippen molar-refractivity contribution in [2.75, 3.05) is 21.3 Å². The Labute approximate surface area is 192 Å². The van der Waals surface area contributed by atoms with E-state index in [1.165, 1.54) is 83.5 Å². The Morgan fingerprint density at radius 3 is 1.57 bits per heavy atom. The van der Waals surface area contributed by atoms with Crippen LogP contribution in [0.15, 0.2) is 21.7 Å². The van der Waals surface area contributed by atoms with Gasteiger partial charge >= 0.3 is 133 Å². The van der Waals surface area contributed by atoms with E-state index in [2.05, 4.69) is 28.1 Å². The Morgan fingerprint density at radius 2 is 1.13 bits per heavy atom. The van der Waals surface area contributed by atoms with Crippen molar-refractivity contribution in [1.82, 2.24) is 0 Å². The third-order valence-corrected chi connectivity index (χ3v) is 14.3. The first-order valence-electron chi connectivity index (χ1n) is 11.8. The zero-order valence-electron chi connectivity index (χ0n) is 20.8. The first kappa shape index (κ1) is 28.3. The normalized spacial score (nSPS) is 15.4. The quantitative estimate of drug-likeness (QED) is 0.107. The molecule has 30 heavy (non-hydrogen) atoms. The summed E-state index contributed by atoms with van der Waals surface area (Å²) in [6.07, 6.45) is 23.8. The zero-order chi connectivity index (χ0) is 22.3. The van der Waals surface area contributed by atoms with E-state index in [1.807, 2.05) is 3.96 Å². The molecule has 0 fully saturated rings. The van der Waals surface area contributed by atoms with Crippen LogP contribution in [0.3, 0.4) is 0 Å². The topological polar surface area (TPSA) is 27.7 Å². The predicted molar refractivity (Wildman–Crippen MR) is 130 cm³/mol. The molecule has 1 rings (SSSR count). The van der Waals surface area contributed by atoms with Crippen LogP contribution in [0.2, 0.25) is 22.0 Å². The first-order chi connectivity index (χ1) is 14.4. The Kier molecular flexibility index (Phi) is 15.1. The smallest absolute Gasteiger partial charge is 0.0272 e. The minimum atomic E-state index is -2.34. The molecule has 3 nitrogen and oxygen atoms in total. The summed E-state index contributed by atoms with van der Waals surface area (Å²) < 4.78 is 18.3. The van der Waals surface area contributed by atoms with Crippen LogP contribution in [-0.2, 0) is 29.3 Å². The van der Waals surface area contributed by atoms with Crippen molar-refractivity contribution in [2.24, 2.45) is 0 Å². The molecule has 0 atom stereocenters. The number of rotatable bonds is 19. The summed E-state index contributed by atoms with van der Waals surface area (Å²) in [5.74, 6) is 0. The van der Waals surface area contributed by atoms with Crippen LogP contribution in [0.25, 0.3) is 0 Å². The molecule has 0 N–H and O–H groups in total. The van der Waals surface area contributed by atoms with Crippen molar-refractivity contribution in [3.63, 3.8) is 0 Å². The molecule has 0 amide bonds. The Hall–Kier alpha value is 0.265. The van der Waals surface area contributed by atoms with Crippen molar-refractivity contribution >= 4 is 8.80 Å². The minimum absolute atomic E-state index is 0.935. The molecule has 0 heterocycles. The van der Waals surface area contributed by atoms with Gasteiger partial charge in [0, 0.05) is 27.4 Å². The van der Waals surface area contributed by atoms with Crippen LogP contribution in [-0.4, -0.2) is 30.1 Å². The second kappa shape index (κ2) is 16.0. The van der Waals surface area contributed by atoms with E-state index in [4.69, 9.17) is 13.3 Å². The number of hydrogen-bond acceptors (Lipinski definition) is 3. The van der Waals surface area contributed by atoms with Gasteiger partial charge in [0.15, 0.2) is 0 Å². The van der Waals surface area contributed by atoms with Crippen LogP contribution in [0.1, 0.15) is 89.9 Å². The molecule has 0 aromatic carbocycles. The largest absolute Gasteiger partial charge is 0.377 e. The van der Waals surface area contributed by atoms with Gasteiger partial charge in [-0.05, 0) is 6.42 Å². The summed E-state index contributed by atoms with van der Waals surface area (Å²) in [6, 6.07) is 0.935. The predicted octanol–water partition coefficient (Wildman–Crippen LogP) is 8.45. The third-order valence-electron chi connectivity index (χ3n) is 6.12. The fourth-order valence-corrected chi connectivity index (χ4v) is 10.3. The van der Waals surface area contributed by atoms with E-state index in [-0.39, 0.29) is 0 Å². The summed E-state index contributed by atoms with van der Waals surface area (Å²) in [6.45, 7) is 0. The standard InChI is InChI=1S/C22H41O3Si.3CH3.Pt/c1-23-26(24-2,25-3)21-17-13-11-9-7-5-4-6-8-10-12-14-18-22-19-15-16-20-22;;;;/h15,19H,4-14,16-18,21H2,1-3H3;3*1H3;. The van der Waals surface area contributed by atoms with Crippen LogP contribution >= 0.6 is 0 Å². The Morgan fingerprint density at radius 1 is 0.700 bits per heavy atom. The second-order valence-corrected chi connectivity index (χ2v) is 23.6. The molecule has 0 saturated carbocycles. The molecular weight excluding hydrogens is 571 g/mol. The summed E-state index contributed by atoms with van der Waals surface area (Å²) in [5.41, 5.74) is 1.71. The average Bonchev–Trinajstić information content (AvgIpc) is 3.21. The maximum absolute atomic E-state index is 5.48. The van der Waals surface area contributed by atoms with Crippen LogP contribution in [0.5, 0.6) is 0 Å². The molecule has 182 valence electrons. The maximum atomic E-state index is 5.48. The van der Waals surface area contributed by atoms with Crippen molar-refractivity contribution in [2.45, 2.75) is 112 Å². The average molecular weight is 622 g/mol. The van der Waals surface area contributed by atoms with Crippen molar-refractivity contribution in [3.8, 4) is 0 Å². The van der Waals surface area contributed by atoms with Gasteiger partial charge in [0.2, 0.25) is 0 Å². The van der Waals surface area contributed by atoms with Gasteiger partial charge in [-0.1, -0.05) is 12.8 Å². The molecule has 0 aromatic rings. The molecule has 5 heteroatoms. The molecule has 0 unspecified atom stereocenters. The Bertz CT molecular complexity index is 499. The van der Waals surface area contributed by atoms with Gasteiger partial charge in [0.1, 0.15) is 0 Å². The number of unbranched alkanes of at least 4 members (excludes halogenated alkanes) is 11. The summed E-state index contributed by atoms with van der Waals surface area (Å²) >= 11 is -1.54. The second-order valence-electron chi connectivity index (χ2n) is 8.96. The number of allylic oxidation sites excluding steroid dienone is 4. The summed E-state index contributed by atoms with van der Waals surface area (Å²) in [5, 5.41) is 7.60. The third kappa shape index (κ3) is 11.2. The van der Waals surface area contributed by atoms with Gasteiger partial charge in [-0.2, -0.15) is 0 Å². The molecule has 1 aliphatic rings. The van der Waals surface area contributed by atoms with Gasteiger partial charge in [0.25, 0.3) is 0 Å². The van der Waals surface area contributed by atoms with E-state index in [0.717, 1.165) is 12.5 Å². The monoisotopic (exact) mass is 621 g/mol. The van der Waals surface area contributed by atoms with Crippen molar-refractivity contribution in [3.05, 3.63) is 21.7 Å². The van der Waals surface area contributed by atoms with Crippen LogP contribution < -0.4 is 0 Å². The summed E-state index contributed by atoms with van der Waals surface area (Å²) in [4.78, 5) is 0. The molecule has 0 aromatic heterocycles. The Balaban J connectivity index is 1.91. The van der Waals surface area contributed by atoms with E-state index >= 15 is 0 Å². The van der Waals surface area contributed by atoms with Crippen LogP contribution in [0.4, 0.5) is 0 Å². The first-order valence-corrected chi connectivity index (χ1v) is 21.7. The van der Waals surface area contributed by atoms with E-state index in [1.54, 1.807) is 26.9 Å². The van der Waals surface area contributed by atoms with Gasteiger partial charge in [-0.15, -0.1) is 0 Å². The van der Waals surface area contributed by atoms with Gasteiger partial charge in [-0.25, -0.2) is 0 Å². The molecule has 0 aliphatic heterocycles. The van der Waals surface area contributed by atoms with Gasteiger partial charge in [-0.3, -0.25) is 0 Å². The van der Waals surface area contributed by atoms with Crippen LogP contribution in [0, 0.1) is 0 Å². The zero-order valence-corrected chi connectivity index (χ0v) is 24.1. The molecule has 1 aliphatic carbocycles. The molecular formula is C25H50O3PtSi. The van der Waals surface area contributed by atoms with Crippen molar-refractivity contribution in [1.29, 1.82) is 0 Å². The summed E-state index contributed by atoms with van der Waals surface area (Å²) in [7, 11) is 2.77. The SMILES string of the molecule is CO[Si](CCCCCCCCCCCCCCC1=[C]([Pt]([CH3])([CH3])[CH3])CC=C1)(OC)OC. The minimum Gasteiger partial charge on any atom is -0.377 e. The van der Waals surface area contributed by atoms with E-state index in [0.29, 0.717) is 0 Å². The fourth-order valence-electron chi connectivity index (χ4n) is 4.20. The molecule has 0 bridgehead atoms. The van der Waals surface area contributed by atoms with E-state index in [9.17, 15) is 0 Å².